The van der Waals surface area contributed by atoms with Gasteiger partial charge in [0.05, 0.1) is 34.3 Å². The summed E-state index contributed by atoms with van der Waals surface area (Å²) in [5.74, 6) is -2.77. The zero-order valence-corrected chi connectivity index (χ0v) is 16.9. The van der Waals surface area contributed by atoms with Gasteiger partial charge in [-0.25, -0.2) is 9.59 Å². The molecule has 6 nitrogen and oxygen atoms in total. The van der Waals surface area contributed by atoms with Gasteiger partial charge in [0.2, 0.25) is 0 Å². The Balaban J connectivity index is 2.65. The molecule has 27 heavy (non-hydrogen) atoms. The Bertz CT molecular complexity index is 866. The van der Waals surface area contributed by atoms with Crippen LogP contribution in [0.4, 0.5) is 0 Å². The highest BCUT2D eigenvalue weighted by Gasteiger charge is 2.25. The molecule has 0 atom stereocenters. The van der Waals surface area contributed by atoms with Crippen LogP contribution in [0, 0.1) is 0 Å². The first-order chi connectivity index (χ1) is 12.6. The van der Waals surface area contributed by atoms with E-state index in [1.54, 1.807) is 0 Å². The predicted molar refractivity (Wildman–Crippen MR) is 103 cm³/mol. The van der Waals surface area contributed by atoms with E-state index in [-0.39, 0.29) is 49.1 Å². The van der Waals surface area contributed by atoms with E-state index in [9.17, 15) is 19.8 Å². The first-order valence-electron chi connectivity index (χ1n) is 7.20. The van der Waals surface area contributed by atoms with E-state index >= 15 is 0 Å². The van der Waals surface area contributed by atoms with E-state index in [4.69, 9.17) is 55.9 Å². The molecule has 144 valence electrons. The summed E-state index contributed by atoms with van der Waals surface area (Å²) in [5, 5.41) is 18.5. The highest BCUT2D eigenvalue weighted by molar-refractivity contribution is 6.38. The number of carbonyl (C=O) groups is 2. The number of hydrogen-bond donors (Lipinski definition) is 2. The molecule has 0 fully saturated rings. The zero-order chi connectivity index (χ0) is 20.5. The smallest absolute Gasteiger partial charge is 0.341 e. The number of hydrogen-bond acceptors (Lipinski definition) is 4. The van der Waals surface area contributed by atoms with Gasteiger partial charge in [0.25, 0.3) is 0 Å². The lowest BCUT2D eigenvalue weighted by atomic mass is 10.00. The minimum absolute atomic E-state index is 0.0350. The van der Waals surface area contributed by atoms with Gasteiger partial charge in [-0.2, -0.15) is 0 Å². The van der Waals surface area contributed by atoms with Crippen molar-refractivity contribution in [3.8, 4) is 11.5 Å². The van der Waals surface area contributed by atoms with Gasteiger partial charge < -0.3 is 19.7 Å². The molecule has 0 aromatic heterocycles. The first-order valence-corrected chi connectivity index (χ1v) is 8.71. The van der Waals surface area contributed by atoms with Gasteiger partial charge in [-0.3, -0.25) is 0 Å². The first kappa shape index (κ1) is 21.4. The average Bonchev–Trinajstić information content (AvgIpc) is 2.58. The SMILES string of the molecule is COc1c(Cl)c(Cc2cc(Cl)c(C(=O)O)c(OC)c2Cl)cc(Cl)c1C(=O)O. The Kier molecular flexibility index (Phi) is 6.70. The largest absolute Gasteiger partial charge is 0.494 e. The number of halogens is 4. The average molecular weight is 454 g/mol. The third-order valence-corrected chi connectivity index (χ3v) is 5.14. The number of methoxy groups -OCH3 is 2. The summed E-state index contributed by atoms with van der Waals surface area (Å²) in [5.41, 5.74) is 0.282. The van der Waals surface area contributed by atoms with Crippen molar-refractivity contribution in [3.05, 3.63) is 54.5 Å². The second-order valence-corrected chi connectivity index (χ2v) is 6.84. The highest BCUT2D eigenvalue weighted by atomic mass is 35.5. The van der Waals surface area contributed by atoms with Gasteiger partial charge >= 0.3 is 11.9 Å². The molecule has 0 radical (unpaired) electrons. The van der Waals surface area contributed by atoms with Crippen molar-refractivity contribution >= 4 is 58.3 Å². The topological polar surface area (TPSA) is 93.1 Å². The van der Waals surface area contributed by atoms with Crippen LogP contribution < -0.4 is 9.47 Å². The van der Waals surface area contributed by atoms with Crippen molar-refractivity contribution in [2.45, 2.75) is 6.42 Å². The zero-order valence-electron chi connectivity index (χ0n) is 13.9. The van der Waals surface area contributed by atoms with Crippen LogP contribution in [-0.4, -0.2) is 36.4 Å². The predicted octanol–water partition coefficient (Wildman–Crippen LogP) is 5.30. The number of carboxylic acids is 2. The fraction of sp³-hybridized carbons (Fsp3) is 0.176. The second kappa shape index (κ2) is 8.44. The lowest BCUT2D eigenvalue weighted by Crippen LogP contribution is -2.06. The third kappa shape index (κ3) is 4.04. The fourth-order valence-electron chi connectivity index (χ4n) is 2.55. The van der Waals surface area contributed by atoms with E-state index in [1.165, 1.54) is 26.4 Å². The summed E-state index contributed by atoms with van der Waals surface area (Å²) in [6.07, 6.45) is 0.0730. The van der Waals surface area contributed by atoms with Crippen LogP contribution in [0.15, 0.2) is 12.1 Å². The Morgan fingerprint density at radius 1 is 0.815 bits per heavy atom. The summed E-state index contributed by atoms with van der Waals surface area (Å²) in [6.45, 7) is 0. The molecule has 0 bridgehead atoms. The van der Waals surface area contributed by atoms with Crippen molar-refractivity contribution in [2.75, 3.05) is 14.2 Å². The van der Waals surface area contributed by atoms with E-state index in [2.05, 4.69) is 0 Å². The summed E-state index contributed by atoms with van der Waals surface area (Å²) in [6, 6.07) is 2.75. The lowest BCUT2D eigenvalue weighted by molar-refractivity contribution is 0.0682. The second-order valence-electron chi connectivity index (χ2n) is 5.27. The normalized spacial score (nSPS) is 10.6. The van der Waals surface area contributed by atoms with Gasteiger partial charge in [0.15, 0.2) is 11.5 Å². The molecule has 0 unspecified atom stereocenters. The summed E-state index contributed by atoms with van der Waals surface area (Å²) >= 11 is 24.7. The Morgan fingerprint density at radius 2 is 1.15 bits per heavy atom. The van der Waals surface area contributed by atoms with E-state index < -0.39 is 11.9 Å². The van der Waals surface area contributed by atoms with Crippen molar-refractivity contribution in [1.82, 2.24) is 0 Å². The van der Waals surface area contributed by atoms with Crippen LogP contribution in [0.1, 0.15) is 31.8 Å². The number of carboxylic acid groups (broad SMARTS) is 2. The highest BCUT2D eigenvalue weighted by Crippen LogP contribution is 2.41. The number of aromatic carboxylic acids is 2. The monoisotopic (exact) mass is 452 g/mol. The Hall–Kier alpha value is -1.86. The number of rotatable bonds is 6. The van der Waals surface area contributed by atoms with Crippen molar-refractivity contribution < 1.29 is 29.3 Å². The van der Waals surface area contributed by atoms with Crippen LogP contribution in [0.2, 0.25) is 20.1 Å². The summed E-state index contributed by atoms with van der Waals surface area (Å²) in [7, 11) is 2.53. The third-order valence-electron chi connectivity index (χ3n) is 3.71. The maximum absolute atomic E-state index is 11.4. The quantitative estimate of drug-likeness (QED) is 0.615. The molecule has 0 saturated carbocycles. The summed E-state index contributed by atoms with van der Waals surface area (Å²) < 4.78 is 10.2. The molecule has 0 saturated heterocycles. The number of benzene rings is 2. The van der Waals surface area contributed by atoms with Crippen molar-refractivity contribution in [1.29, 1.82) is 0 Å². The van der Waals surface area contributed by atoms with Gasteiger partial charge in [0.1, 0.15) is 11.1 Å². The Labute approximate surface area is 174 Å². The minimum Gasteiger partial charge on any atom is -0.494 e. The van der Waals surface area contributed by atoms with Crippen LogP contribution in [0.25, 0.3) is 0 Å². The van der Waals surface area contributed by atoms with Crippen LogP contribution in [-0.2, 0) is 6.42 Å². The molecular weight excluding hydrogens is 442 g/mol. The van der Waals surface area contributed by atoms with Gasteiger partial charge in [-0.1, -0.05) is 46.4 Å². The molecule has 2 rings (SSSR count). The molecule has 2 aromatic carbocycles. The molecule has 0 amide bonds. The maximum Gasteiger partial charge on any atom is 0.341 e. The molecule has 2 N–H and O–H groups in total. The van der Waals surface area contributed by atoms with Crippen LogP contribution in [0.3, 0.4) is 0 Å². The molecule has 0 aliphatic heterocycles. The van der Waals surface area contributed by atoms with Gasteiger partial charge in [-0.05, 0) is 23.3 Å². The number of ether oxygens (including phenoxy) is 2. The van der Waals surface area contributed by atoms with Crippen LogP contribution >= 0.6 is 46.4 Å². The van der Waals surface area contributed by atoms with Gasteiger partial charge in [0, 0.05) is 6.42 Å². The fourth-order valence-corrected chi connectivity index (χ4v) is 3.73. The molecule has 0 spiro atoms. The molecule has 0 aliphatic carbocycles. The van der Waals surface area contributed by atoms with Crippen LogP contribution in [0.5, 0.6) is 11.5 Å². The van der Waals surface area contributed by atoms with E-state index in [0.717, 1.165) is 0 Å². The molecular formula is C17H12Cl4O6. The van der Waals surface area contributed by atoms with E-state index in [0.29, 0.717) is 11.1 Å². The van der Waals surface area contributed by atoms with Crippen molar-refractivity contribution in [3.63, 3.8) is 0 Å². The lowest BCUT2D eigenvalue weighted by Gasteiger charge is -2.16. The molecule has 2 aromatic rings. The Morgan fingerprint density at radius 3 is 1.41 bits per heavy atom. The summed E-state index contributed by atoms with van der Waals surface area (Å²) in [4.78, 5) is 22.7. The maximum atomic E-state index is 11.4. The standard InChI is InChI=1S/C17H12Cl4O6/c1-26-14-10(16(22)23)8(18)4-6(12(14)20)3-7-5-9(19)11(17(24)25)15(27-2)13(7)21/h4-5H,3H2,1-2H3,(H,22,23)(H,24,25). The van der Waals surface area contributed by atoms with Gasteiger partial charge in [-0.15, -0.1) is 0 Å². The minimum atomic E-state index is -1.29. The van der Waals surface area contributed by atoms with E-state index in [1.807, 2.05) is 0 Å². The molecule has 0 heterocycles. The molecule has 0 aliphatic rings. The van der Waals surface area contributed by atoms with Crippen molar-refractivity contribution in [2.24, 2.45) is 0 Å². The molecule has 10 heteroatoms.